The third kappa shape index (κ3) is 8.05. The van der Waals surface area contributed by atoms with Crippen LogP contribution in [0.5, 0.6) is 0 Å². The molecule has 10 heteroatoms. The van der Waals surface area contributed by atoms with Crippen LogP contribution in [0.1, 0.15) is 0 Å². The van der Waals surface area contributed by atoms with Crippen molar-refractivity contribution in [1.82, 2.24) is 0 Å². The highest BCUT2D eigenvalue weighted by molar-refractivity contribution is 6.70. The molecular weight excluding hydrogens is 400 g/mol. The quantitative estimate of drug-likeness (QED) is 0.404. The first-order valence-electron chi connectivity index (χ1n) is 9.37. The zero-order chi connectivity index (χ0) is 21.2. The number of ether oxygens (including phenoxy) is 3. The summed E-state index contributed by atoms with van der Waals surface area (Å²) < 4.78 is 35.7. The van der Waals surface area contributed by atoms with Gasteiger partial charge in [-0.15, -0.1) is 0 Å². The van der Waals surface area contributed by atoms with Crippen molar-refractivity contribution in [3.8, 4) is 0 Å². The second-order valence-electron chi connectivity index (χ2n) is 9.77. The van der Waals surface area contributed by atoms with Crippen LogP contribution in [0.3, 0.4) is 0 Å². The van der Waals surface area contributed by atoms with Gasteiger partial charge in [-0.1, -0.05) is 0 Å². The molecule has 0 saturated carbocycles. The molecule has 1 aliphatic heterocycles. The van der Waals surface area contributed by atoms with Crippen LogP contribution in [0.4, 0.5) is 0 Å². The maximum absolute atomic E-state index is 12.6. The van der Waals surface area contributed by atoms with Crippen LogP contribution in [0.2, 0.25) is 58.9 Å². The van der Waals surface area contributed by atoms with Gasteiger partial charge in [-0.05, 0) is 58.9 Å². The highest BCUT2D eigenvalue weighted by Crippen LogP contribution is 2.35. The smallest absolute Gasteiger partial charge is 0.336 e. The predicted molar refractivity (Wildman–Crippen MR) is 112 cm³/mol. The van der Waals surface area contributed by atoms with Crippen LogP contribution in [0, 0.1) is 0 Å². The minimum absolute atomic E-state index is 0.421. The number of methoxy groups -OCH3 is 2. The predicted octanol–water partition coefficient (Wildman–Crippen LogP) is 3.19. The zero-order valence-electron chi connectivity index (χ0n) is 18.7. The fourth-order valence-electron chi connectivity index (χ4n) is 2.90. The lowest BCUT2D eigenvalue weighted by atomic mass is 10.1. The third-order valence-electron chi connectivity index (χ3n) is 3.63. The van der Waals surface area contributed by atoms with Gasteiger partial charge < -0.3 is 27.5 Å². The van der Waals surface area contributed by atoms with Crippen LogP contribution < -0.4 is 0 Å². The Morgan fingerprint density at radius 1 is 0.815 bits per heavy atom. The van der Waals surface area contributed by atoms with Crippen molar-refractivity contribution < 1.29 is 32.3 Å². The van der Waals surface area contributed by atoms with Gasteiger partial charge in [-0.2, -0.15) is 0 Å². The Kier molecular flexibility index (Phi) is 8.47. The molecule has 0 radical (unpaired) electrons. The topological polar surface area (TPSA) is 72.5 Å². The number of hydrogen-bond acceptors (Lipinski definition) is 7. The van der Waals surface area contributed by atoms with E-state index in [1.54, 1.807) is 7.11 Å². The minimum Gasteiger partial charge on any atom is -0.467 e. The van der Waals surface area contributed by atoms with Gasteiger partial charge >= 0.3 is 5.97 Å². The van der Waals surface area contributed by atoms with E-state index in [2.05, 4.69) is 39.3 Å². The molecule has 1 fully saturated rings. The fraction of sp³-hybridized carbons (Fsp3) is 0.941. The highest BCUT2D eigenvalue weighted by atomic mass is 28.4. The molecule has 27 heavy (non-hydrogen) atoms. The summed E-state index contributed by atoms with van der Waals surface area (Å²) in [7, 11) is -3.01. The molecule has 1 rings (SSSR count). The lowest BCUT2D eigenvalue weighted by Crippen LogP contribution is -2.54. The average Bonchev–Trinajstić information content (AvgIpc) is 2.77. The van der Waals surface area contributed by atoms with Gasteiger partial charge in [0, 0.05) is 7.11 Å². The maximum Gasteiger partial charge on any atom is 0.336 e. The van der Waals surface area contributed by atoms with E-state index in [4.69, 9.17) is 27.5 Å². The van der Waals surface area contributed by atoms with E-state index in [0.717, 1.165) is 0 Å². The summed E-state index contributed by atoms with van der Waals surface area (Å²) >= 11 is 0. The summed E-state index contributed by atoms with van der Waals surface area (Å²) in [6.45, 7) is 18.7. The maximum atomic E-state index is 12.6. The zero-order valence-corrected chi connectivity index (χ0v) is 21.7. The van der Waals surface area contributed by atoms with Gasteiger partial charge in [0.25, 0.3) is 0 Å². The number of esters is 1. The normalized spacial score (nSPS) is 28.3. The number of rotatable bonds is 9. The molecule has 0 aromatic heterocycles. The van der Waals surface area contributed by atoms with Gasteiger partial charge in [0.2, 0.25) is 0 Å². The average molecular weight is 439 g/mol. The molecule has 1 saturated heterocycles. The lowest BCUT2D eigenvalue weighted by molar-refractivity contribution is -0.176. The van der Waals surface area contributed by atoms with E-state index in [9.17, 15) is 4.79 Å². The summed E-state index contributed by atoms with van der Waals surface area (Å²) in [4.78, 5) is 12.6. The second-order valence-corrected chi connectivity index (χ2v) is 23.1. The van der Waals surface area contributed by atoms with Crippen molar-refractivity contribution in [2.75, 3.05) is 14.2 Å². The summed E-state index contributed by atoms with van der Waals surface area (Å²) in [5.41, 5.74) is 0. The summed E-state index contributed by atoms with van der Waals surface area (Å²) in [5, 5.41) is 0. The first-order chi connectivity index (χ1) is 12.1. The van der Waals surface area contributed by atoms with Crippen molar-refractivity contribution in [2.24, 2.45) is 0 Å². The molecule has 160 valence electrons. The molecule has 0 aromatic carbocycles. The molecule has 5 unspecified atom stereocenters. The van der Waals surface area contributed by atoms with Crippen LogP contribution in [-0.2, 0) is 32.3 Å². The summed E-state index contributed by atoms with van der Waals surface area (Å²) in [6.07, 6.45) is -3.04. The Bertz CT molecular complexity index is 496. The minimum atomic E-state index is -2.05. The van der Waals surface area contributed by atoms with E-state index in [0.29, 0.717) is 0 Å². The third-order valence-corrected chi connectivity index (χ3v) is 6.55. The highest BCUT2D eigenvalue weighted by Gasteiger charge is 2.54. The molecule has 0 spiro atoms. The fourth-order valence-corrected chi connectivity index (χ4v) is 6.04. The largest absolute Gasteiger partial charge is 0.467 e. The molecule has 0 N–H and O–H groups in total. The van der Waals surface area contributed by atoms with Crippen molar-refractivity contribution in [2.45, 2.75) is 89.6 Å². The van der Waals surface area contributed by atoms with Crippen LogP contribution >= 0.6 is 0 Å². The van der Waals surface area contributed by atoms with Gasteiger partial charge in [0.05, 0.1) is 7.11 Å². The molecule has 0 aliphatic carbocycles. The second kappa shape index (κ2) is 9.16. The molecule has 1 heterocycles. The molecule has 0 bridgehead atoms. The van der Waals surface area contributed by atoms with Gasteiger partial charge in [0.1, 0.15) is 18.3 Å². The van der Waals surface area contributed by atoms with Gasteiger partial charge in [-0.3, -0.25) is 0 Å². The van der Waals surface area contributed by atoms with Gasteiger partial charge in [-0.25, -0.2) is 4.79 Å². The van der Waals surface area contributed by atoms with E-state index >= 15 is 0 Å². The van der Waals surface area contributed by atoms with E-state index in [1.165, 1.54) is 7.11 Å². The van der Waals surface area contributed by atoms with E-state index < -0.39 is 61.6 Å². The Labute approximate surface area is 167 Å². The van der Waals surface area contributed by atoms with E-state index in [-0.39, 0.29) is 0 Å². The number of carbonyl (C=O) groups excluding carboxylic acids is 1. The Hall–Kier alpha value is -0.0794. The molecule has 5 atom stereocenters. The molecule has 7 nitrogen and oxygen atoms in total. The Morgan fingerprint density at radius 2 is 1.30 bits per heavy atom. The first kappa shape index (κ1) is 25.0. The van der Waals surface area contributed by atoms with Crippen molar-refractivity contribution >= 4 is 30.9 Å². The van der Waals surface area contributed by atoms with Crippen molar-refractivity contribution in [1.29, 1.82) is 0 Å². The molecular formula is C17H38O7Si3. The lowest BCUT2D eigenvalue weighted by Gasteiger charge is -2.36. The van der Waals surface area contributed by atoms with Crippen LogP contribution in [-0.4, -0.2) is 75.8 Å². The molecule has 0 aromatic rings. The molecule has 1 aliphatic rings. The Balaban J connectivity index is 3.31. The van der Waals surface area contributed by atoms with Crippen molar-refractivity contribution in [3.05, 3.63) is 0 Å². The molecule has 0 amide bonds. The SMILES string of the molecule is COC(=O)C(O[Si](C)(C)C)C1OC(OC)C(O[Si](C)(C)C)C1O[Si](C)(C)C. The van der Waals surface area contributed by atoms with Gasteiger partial charge in [0.15, 0.2) is 37.3 Å². The number of carbonyl (C=O) groups is 1. The van der Waals surface area contributed by atoms with Crippen LogP contribution in [0.25, 0.3) is 0 Å². The Morgan fingerprint density at radius 3 is 1.67 bits per heavy atom. The van der Waals surface area contributed by atoms with Crippen LogP contribution in [0.15, 0.2) is 0 Å². The standard InChI is InChI=1S/C17H38O7Si3/c1-19-16(18)14(23-26(6,7)8)12-13(22-25(3,4)5)15(17(20-2)21-12)24-27(9,10)11/h12-15,17H,1-11H3. The number of hydrogen-bond donors (Lipinski definition) is 0. The van der Waals surface area contributed by atoms with E-state index in [1.807, 2.05) is 19.6 Å². The summed E-state index contributed by atoms with van der Waals surface area (Å²) in [6, 6.07) is 0. The monoisotopic (exact) mass is 438 g/mol. The first-order valence-corrected chi connectivity index (χ1v) is 19.6. The van der Waals surface area contributed by atoms with Crippen molar-refractivity contribution in [3.63, 3.8) is 0 Å². The summed E-state index contributed by atoms with van der Waals surface area (Å²) in [5.74, 6) is -0.463.